The molecule has 2 atom stereocenters. The van der Waals surface area contributed by atoms with Crippen LogP contribution in [0, 0.1) is 23.4 Å². The number of piperidine rings is 1. The van der Waals surface area contributed by atoms with Gasteiger partial charge in [-0.25, -0.2) is 23.1 Å². The molecule has 2 saturated heterocycles. The summed E-state index contributed by atoms with van der Waals surface area (Å²) in [6.45, 7) is 3.80. The summed E-state index contributed by atoms with van der Waals surface area (Å²) in [7, 11) is 0. The monoisotopic (exact) mass is 378 g/mol. The van der Waals surface area contributed by atoms with Crippen molar-refractivity contribution in [3.05, 3.63) is 48.0 Å². The van der Waals surface area contributed by atoms with Gasteiger partial charge in [-0.1, -0.05) is 0 Å². The van der Waals surface area contributed by atoms with Crippen molar-refractivity contribution in [2.45, 2.75) is 18.9 Å². The Morgan fingerprint density at radius 2 is 1.67 bits per heavy atom. The predicted octanol–water partition coefficient (Wildman–Crippen LogP) is 2.87. The Labute approximate surface area is 155 Å². The highest BCUT2D eigenvalue weighted by molar-refractivity contribution is 5.30. The maximum atomic E-state index is 13.2. The lowest BCUT2D eigenvalue weighted by Gasteiger charge is -2.46. The fourth-order valence-electron chi connectivity index (χ4n) is 3.87. The van der Waals surface area contributed by atoms with Gasteiger partial charge in [0.2, 0.25) is 5.95 Å². The lowest BCUT2D eigenvalue weighted by atomic mass is 9.91. The van der Waals surface area contributed by atoms with Crippen molar-refractivity contribution >= 4 is 5.95 Å². The number of nitrogens with zero attached hydrogens (tertiary/aromatic N) is 4. The predicted molar refractivity (Wildman–Crippen MR) is 94.1 cm³/mol. The summed E-state index contributed by atoms with van der Waals surface area (Å²) in [6.07, 6.45) is 4.37. The molecule has 2 aromatic rings. The Hall–Kier alpha value is -2.35. The first-order chi connectivity index (χ1) is 13.1. The van der Waals surface area contributed by atoms with E-state index in [2.05, 4.69) is 19.8 Å². The molecular weight excluding hydrogens is 357 g/mol. The first-order valence-corrected chi connectivity index (χ1v) is 9.12. The lowest BCUT2D eigenvalue weighted by molar-refractivity contribution is 0.0724. The van der Waals surface area contributed by atoms with Gasteiger partial charge in [0.15, 0.2) is 5.82 Å². The average Bonchev–Trinajstić information content (AvgIpc) is 2.66. The van der Waals surface area contributed by atoms with Crippen molar-refractivity contribution in [1.29, 1.82) is 0 Å². The highest BCUT2D eigenvalue weighted by atomic mass is 19.1. The van der Waals surface area contributed by atoms with Crippen LogP contribution < -0.4 is 9.64 Å². The maximum Gasteiger partial charge on any atom is 0.225 e. The van der Waals surface area contributed by atoms with Gasteiger partial charge in [-0.2, -0.15) is 0 Å². The Kier molecular flexibility index (Phi) is 5.15. The molecule has 27 heavy (non-hydrogen) atoms. The number of anilines is 1. The van der Waals surface area contributed by atoms with Gasteiger partial charge in [0, 0.05) is 56.3 Å². The highest BCUT2D eigenvalue weighted by Gasteiger charge is 2.33. The third-order valence-corrected chi connectivity index (χ3v) is 5.22. The molecule has 8 heteroatoms. The van der Waals surface area contributed by atoms with Crippen molar-refractivity contribution in [2.24, 2.45) is 5.92 Å². The second-order valence-electron chi connectivity index (χ2n) is 7.16. The van der Waals surface area contributed by atoms with E-state index in [1.54, 1.807) is 0 Å². The average molecular weight is 378 g/mol. The molecule has 0 bridgehead atoms. The van der Waals surface area contributed by atoms with E-state index in [1.807, 2.05) is 0 Å². The van der Waals surface area contributed by atoms with Crippen LogP contribution in [0.2, 0.25) is 0 Å². The zero-order chi connectivity index (χ0) is 18.8. The maximum absolute atomic E-state index is 13.2. The summed E-state index contributed by atoms with van der Waals surface area (Å²) < 4.78 is 45.1. The minimum atomic E-state index is -0.632. The molecule has 0 aliphatic carbocycles. The number of halogens is 3. The zero-order valence-electron chi connectivity index (χ0n) is 14.8. The fraction of sp³-hybridized carbons (Fsp3) is 0.474. The van der Waals surface area contributed by atoms with Crippen LogP contribution in [0.25, 0.3) is 0 Å². The van der Waals surface area contributed by atoms with Crippen LogP contribution in [0.4, 0.5) is 19.1 Å². The van der Waals surface area contributed by atoms with Crippen LogP contribution in [-0.4, -0.2) is 53.7 Å². The van der Waals surface area contributed by atoms with Gasteiger partial charge in [0.1, 0.15) is 17.4 Å². The molecule has 0 unspecified atom stereocenters. The van der Waals surface area contributed by atoms with Crippen molar-refractivity contribution in [3.8, 4) is 5.75 Å². The minimum Gasteiger partial charge on any atom is -0.493 e. The second kappa shape index (κ2) is 7.72. The Morgan fingerprint density at radius 3 is 2.41 bits per heavy atom. The summed E-state index contributed by atoms with van der Waals surface area (Å²) in [5.74, 6) is -0.583. The van der Waals surface area contributed by atoms with Crippen LogP contribution in [0.3, 0.4) is 0 Å². The van der Waals surface area contributed by atoms with Gasteiger partial charge in [-0.15, -0.1) is 0 Å². The van der Waals surface area contributed by atoms with Crippen molar-refractivity contribution in [2.75, 3.05) is 37.7 Å². The van der Waals surface area contributed by atoms with Crippen molar-refractivity contribution in [1.82, 2.24) is 14.9 Å². The molecular formula is C19H21F3N4O. The minimum absolute atomic E-state index is 0.230. The van der Waals surface area contributed by atoms with E-state index in [-0.39, 0.29) is 5.75 Å². The van der Waals surface area contributed by atoms with Gasteiger partial charge in [-0.3, -0.25) is 4.90 Å². The number of benzene rings is 1. The van der Waals surface area contributed by atoms with E-state index < -0.39 is 17.5 Å². The van der Waals surface area contributed by atoms with Crippen LogP contribution >= 0.6 is 0 Å². The summed E-state index contributed by atoms with van der Waals surface area (Å²) in [5, 5.41) is 0. The smallest absolute Gasteiger partial charge is 0.225 e. The lowest BCUT2D eigenvalue weighted by Crippen LogP contribution is -2.57. The van der Waals surface area contributed by atoms with Crippen LogP contribution in [0.5, 0.6) is 5.75 Å². The van der Waals surface area contributed by atoms with Crippen molar-refractivity contribution in [3.63, 3.8) is 0 Å². The number of aromatic nitrogens is 2. The number of rotatable bonds is 4. The molecule has 2 fully saturated rings. The molecule has 2 aliphatic heterocycles. The van der Waals surface area contributed by atoms with E-state index in [4.69, 9.17) is 4.74 Å². The fourth-order valence-corrected chi connectivity index (χ4v) is 3.87. The second-order valence-corrected chi connectivity index (χ2v) is 7.16. The molecule has 0 N–H and O–H groups in total. The van der Waals surface area contributed by atoms with Gasteiger partial charge in [0.25, 0.3) is 0 Å². The van der Waals surface area contributed by atoms with E-state index in [1.165, 1.54) is 24.5 Å². The molecule has 5 nitrogen and oxygen atoms in total. The van der Waals surface area contributed by atoms with Gasteiger partial charge in [0.05, 0.1) is 19.0 Å². The summed E-state index contributed by atoms with van der Waals surface area (Å²) in [6, 6.07) is 3.64. The Morgan fingerprint density at radius 1 is 0.926 bits per heavy atom. The zero-order valence-corrected chi connectivity index (χ0v) is 14.8. The van der Waals surface area contributed by atoms with E-state index >= 15 is 0 Å². The van der Waals surface area contributed by atoms with Crippen LogP contribution in [-0.2, 0) is 0 Å². The summed E-state index contributed by atoms with van der Waals surface area (Å²) >= 11 is 0. The number of piperazine rings is 1. The molecule has 0 spiro atoms. The molecule has 1 aromatic heterocycles. The number of hydrogen-bond donors (Lipinski definition) is 0. The molecule has 0 amide bonds. The van der Waals surface area contributed by atoms with E-state index in [0.29, 0.717) is 24.5 Å². The summed E-state index contributed by atoms with van der Waals surface area (Å²) in [4.78, 5) is 12.7. The molecule has 0 saturated carbocycles. The SMILES string of the molecule is Fc1cnc(N2CCN3C[C@H](COc4cc(F)cc(F)c4)CC[C@H]3C2)nc1. The largest absolute Gasteiger partial charge is 0.493 e. The molecule has 2 aliphatic rings. The standard InChI is InChI=1S/C19H21F3N4O/c20-14-5-15(21)7-18(6-14)27-12-13-1-2-17-11-26(4-3-25(17)10-13)19-23-8-16(22)9-24-19/h5-9,13,17H,1-4,10-12H2/t13-,17+/m1/s1. The van der Waals surface area contributed by atoms with E-state index in [0.717, 1.165) is 45.1 Å². The number of ether oxygens (including phenoxy) is 1. The Bertz CT molecular complexity index is 769. The highest BCUT2D eigenvalue weighted by Crippen LogP contribution is 2.27. The topological polar surface area (TPSA) is 41.5 Å². The molecule has 3 heterocycles. The third-order valence-electron chi connectivity index (χ3n) is 5.22. The molecule has 0 radical (unpaired) electrons. The quantitative estimate of drug-likeness (QED) is 0.818. The third kappa shape index (κ3) is 4.32. The van der Waals surface area contributed by atoms with E-state index in [9.17, 15) is 13.2 Å². The van der Waals surface area contributed by atoms with Gasteiger partial charge >= 0.3 is 0 Å². The van der Waals surface area contributed by atoms with Gasteiger partial charge < -0.3 is 9.64 Å². The van der Waals surface area contributed by atoms with Gasteiger partial charge in [-0.05, 0) is 12.8 Å². The first-order valence-electron chi connectivity index (χ1n) is 9.12. The first kappa shape index (κ1) is 18.0. The van der Waals surface area contributed by atoms with Crippen molar-refractivity contribution < 1.29 is 17.9 Å². The molecule has 144 valence electrons. The number of fused-ring (bicyclic) bond motifs is 1. The normalized spacial score (nSPS) is 23.1. The summed E-state index contributed by atoms with van der Waals surface area (Å²) in [5.41, 5.74) is 0. The number of hydrogen-bond acceptors (Lipinski definition) is 5. The Balaban J connectivity index is 1.30. The van der Waals surface area contributed by atoms with Crippen LogP contribution in [0.1, 0.15) is 12.8 Å². The molecule has 1 aromatic carbocycles. The van der Waals surface area contributed by atoms with Crippen LogP contribution in [0.15, 0.2) is 30.6 Å². The molecule has 4 rings (SSSR count).